The molecule has 5 heteroatoms. The lowest BCUT2D eigenvalue weighted by atomic mass is 9.93. The molecule has 3 rings (SSSR count). The number of esters is 1. The molecule has 1 N–H and O–H groups in total. The second-order valence-electron chi connectivity index (χ2n) is 7.24. The van der Waals surface area contributed by atoms with Crippen LogP contribution in [0.5, 0.6) is 0 Å². The van der Waals surface area contributed by atoms with Gasteiger partial charge in [-0.3, -0.25) is 14.5 Å². The first-order valence-electron chi connectivity index (χ1n) is 9.90. The Labute approximate surface area is 166 Å². The van der Waals surface area contributed by atoms with Gasteiger partial charge >= 0.3 is 5.97 Å². The van der Waals surface area contributed by atoms with Crippen LogP contribution in [0.15, 0.2) is 54.6 Å². The maximum atomic E-state index is 12.9. The summed E-state index contributed by atoms with van der Waals surface area (Å²) in [5, 5.41) is 3.11. The predicted octanol–water partition coefficient (Wildman–Crippen LogP) is 3.53. The molecular weight excluding hydrogens is 352 g/mol. The zero-order chi connectivity index (χ0) is 19.9. The fourth-order valence-corrected chi connectivity index (χ4v) is 3.75. The van der Waals surface area contributed by atoms with Crippen molar-refractivity contribution in [3.8, 4) is 0 Å². The molecule has 0 aromatic heterocycles. The summed E-state index contributed by atoms with van der Waals surface area (Å²) < 4.78 is 5.30. The van der Waals surface area contributed by atoms with Crippen LogP contribution in [0.1, 0.15) is 41.3 Å². The predicted molar refractivity (Wildman–Crippen MR) is 109 cm³/mol. The number of benzene rings is 2. The van der Waals surface area contributed by atoms with E-state index in [1.807, 2.05) is 50.2 Å². The molecule has 2 unspecified atom stereocenters. The average molecular weight is 380 g/mol. The lowest BCUT2D eigenvalue weighted by Crippen LogP contribution is -2.57. The molecular formula is C23H28N2O3. The maximum absolute atomic E-state index is 12.9. The third kappa shape index (κ3) is 4.98. The topological polar surface area (TPSA) is 58.6 Å². The first-order valence-corrected chi connectivity index (χ1v) is 9.90. The Balaban J connectivity index is 1.83. The second-order valence-corrected chi connectivity index (χ2v) is 7.24. The molecule has 1 aliphatic heterocycles. The van der Waals surface area contributed by atoms with Crippen molar-refractivity contribution in [1.82, 2.24) is 10.2 Å². The van der Waals surface area contributed by atoms with E-state index in [2.05, 4.69) is 22.3 Å². The number of carbonyl (C=O) groups excluding carboxylic acids is 2. The van der Waals surface area contributed by atoms with E-state index in [9.17, 15) is 9.59 Å². The Morgan fingerprint density at radius 2 is 1.93 bits per heavy atom. The summed E-state index contributed by atoms with van der Waals surface area (Å²) in [6.45, 7) is 5.61. The van der Waals surface area contributed by atoms with Gasteiger partial charge in [-0.1, -0.05) is 48.0 Å². The van der Waals surface area contributed by atoms with Crippen molar-refractivity contribution in [2.45, 2.75) is 39.4 Å². The van der Waals surface area contributed by atoms with Crippen LogP contribution in [-0.4, -0.2) is 36.1 Å². The molecule has 0 radical (unpaired) electrons. The smallest absolute Gasteiger partial charge is 0.312 e. The minimum Gasteiger partial charge on any atom is -0.466 e. The first-order chi connectivity index (χ1) is 13.6. The molecule has 2 atom stereocenters. The van der Waals surface area contributed by atoms with Crippen LogP contribution < -0.4 is 5.32 Å². The number of nitrogens with one attached hydrogen (secondary N) is 1. The molecule has 5 nitrogen and oxygen atoms in total. The molecule has 2 aromatic carbocycles. The fourth-order valence-electron chi connectivity index (χ4n) is 3.75. The molecule has 1 amide bonds. The van der Waals surface area contributed by atoms with Gasteiger partial charge in [0.25, 0.3) is 5.91 Å². The van der Waals surface area contributed by atoms with E-state index in [1.165, 1.54) is 0 Å². The highest BCUT2D eigenvalue weighted by atomic mass is 16.5. The molecule has 1 fully saturated rings. The summed E-state index contributed by atoms with van der Waals surface area (Å²) in [6.07, 6.45) is 1.22. The van der Waals surface area contributed by atoms with Crippen LogP contribution in [-0.2, 0) is 16.1 Å². The van der Waals surface area contributed by atoms with Gasteiger partial charge in [0, 0.05) is 18.7 Å². The van der Waals surface area contributed by atoms with E-state index in [0.29, 0.717) is 25.1 Å². The standard InChI is InChI=1S/C23H28N2O3/c1-3-28-23(27)20-13-8-14-25(16-18-10-5-4-6-11-18)21(20)24-22(26)19-12-7-9-17(2)15-19/h4-7,9-12,15,20-21H,3,8,13-14,16H2,1-2H3,(H,24,26). The van der Waals surface area contributed by atoms with Crippen LogP contribution in [0.3, 0.4) is 0 Å². The van der Waals surface area contributed by atoms with Gasteiger partial charge in [0.05, 0.1) is 18.7 Å². The number of hydrogen-bond donors (Lipinski definition) is 1. The van der Waals surface area contributed by atoms with E-state index < -0.39 is 0 Å². The molecule has 0 aliphatic carbocycles. The van der Waals surface area contributed by atoms with Gasteiger partial charge in [0.15, 0.2) is 0 Å². The molecule has 2 aromatic rings. The highest BCUT2D eigenvalue weighted by Gasteiger charge is 2.38. The van der Waals surface area contributed by atoms with Crippen molar-refractivity contribution >= 4 is 11.9 Å². The Morgan fingerprint density at radius 3 is 2.64 bits per heavy atom. The Kier molecular flexibility index (Phi) is 6.82. The number of rotatable bonds is 6. The Bertz CT molecular complexity index is 807. The van der Waals surface area contributed by atoms with Gasteiger partial charge in [0.2, 0.25) is 0 Å². The summed E-state index contributed by atoms with van der Waals surface area (Å²) in [5.74, 6) is -0.774. The highest BCUT2D eigenvalue weighted by Crippen LogP contribution is 2.25. The SMILES string of the molecule is CCOC(=O)C1CCCN(Cc2ccccc2)C1NC(=O)c1cccc(C)c1. The molecule has 1 aliphatic rings. The van der Waals surface area contributed by atoms with Gasteiger partial charge in [-0.25, -0.2) is 0 Å². The quantitative estimate of drug-likeness (QED) is 0.779. The summed E-state index contributed by atoms with van der Waals surface area (Å²) in [5.41, 5.74) is 2.79. The summed E-state index contributed by atoms with van der Waals surface area (Å²) >= 11 is 0. The summed E-state index contributed by atoms with van der Waals surface area (Å²) in [4.78, 5) is 27.7. The largest absolute Gasteiger partial charge is 0.466 e. The normalized spacial score (nSPS) is 19.8. The minimum absolute atomic E-state index is 0.164. The summed E-state index contributed by atoms with van der Waals surface area (Å²) in [7, 11) is 0. The number of hydrogen-bond acceptors (Lipinski definition) is 4. The van der Waals surface area contributed by atoms with Gasteiger partial charge in [-0.05, 0) is 44.4 Å². The van der Waals surface area contributed by atoms with Gasteiger partial charge in [-0.15, -0.1) is 0 Å². The number of aryl methyl sites for hydroxylation is 1. The number of likely N-dealkylation sites (tertiary alicyclic amines) is 1. The zero-order valence-corrected chi connectivity index (χ0v) is 16.6. The van der Waals surface area contributed by atoms with Crippen LogP contribution in [0.4, 0.5) is 0 Å². The van der Waals surface area contributed by atoms with E-state index in [4.69, 9.17) is 4.74 Å². The van der Waals surface area contributed by atoms with Crippen molar-refractivity contribution in [3.05, 3.63) is 71.3 Å². The van der Waals surface area contributed by atoms with E-state index in [1.54, 1.807) is 6.07 Å². The van der Waals surface area contributed by atoms with Gasteiger partial charge < -0.3 is 10.1 Å². The van der Waals surface area contributed by atoms with E-state index in [0.717, 1.165) is 24.1 Å². The average Bonchev–Trinajstić information content (AvgIpc) is 2.70. The molecule has 0 spiro atoms. The zero-order valence-electron chi connectivity index (χ0n) is 16.6. The Hall–Kier alpha value is -2.66. The number of carbonyl (C=O) groups is 2. The van der Waals surface area contributed by atoms with Crippen LogP contribution in [0.25, 0.3) is 0 Å². The van der Waals surface area contributed by atoms with E-state index in [-0.39, 0.29) is 24.0 Å². The number of ether oxygens (including phenoxy) is 1. The van der Waals surface area contributed by atoms with Crippen LogP contribution >= 0.6 is 0 Å². The lowest BCUT2D eigenvalue weighted by Gasteiger charge is -2.40. The third-order valence-corrected chi connectivity index (χ3v) is 5.11. The monoisotopic (exact) mass is 380 g/mol. The minimum atomic E-state index is -0.388. The van der Waals surface area contributed by atoms with E-state index >= 15 is 0 Å². The molecule has 0 bridgehead atoms. The first kappa shape index (κ1) is 20.1. The fraction of sp³-hybridized carbons (Fsp3) is 0.391. The molecule has 1 saturated heterocycles. The number of amides is 1. The van der Waals surface area contributed by atoms with Crippen molar-refractivity contribution in [2.24, 2.45) is 5.92 Å². The van der Waals surface area contributed by atoms with Crippen molar-refractivity contribution in [3.63, 3.8) is 0 Å². The molecule has 0 saturated carbocycles. The summed E-state index contributed by atoms with van der Waals surface area (Å²) in [6, 6.07) is 17.6. The lowest BCUT2D eigenvalue weighted by molar-refractivity contribution is -0.153. The molecule has 1 heterocycles. The Morgan fingerprint density at radius 1 is 1.14 bits per heavy atom. The number of nitrogens with zero attached hydrogens (tertiary/aromatic N) is 1. The third-order valence-electron chi connectivity index (χ3n) is 5.11. The van der Waals surface area contributed by atoms with Crippen LogP contribution in [0.2, 0.25) is 0 Å². The maximum Gasteiger partial charge on any atom is 0.312 e. The van der Waals surface area contributed by atoms with Crippen LogP contribution in [0, 0.1) is 12.8 Å². The second kappa shape index (κ2) is 9.51. The van der Waals surface area contributed by atoms with Crippen molar-refractivity contribution < 1.29 is 14.3 Å². The van der Waals surface area contributed by atoms with Gasteiger partial charge in [-0.2, -0.15) is 0 Å². The molecule has 28 heavy (non-hydrogen) atoms. The van der Waals surface area contributed by atoms with Crippen molar-refractivity contribution in [1.29, 1.82) is 0 Å². The highest BCUT2D eigenvalue weighted by molar-refractivity contribution is 5.94. The molecule has 148 valence electrons. The number of piperidine rings is 1. The van der Waals surface area contributed by atoms with Gasteiger partial charge in [0.1, 0.15) is 0 Å². The van der Waals surface area contributed by atoms with Crippen molar-refractivity contribution in [2.75, 3.05) is 13.2 Å².